The van der Waals surface area contributed by atoms with Crippen LogP contribution in [-0.4, -0.2) is 38.2 Å². The Labute approximate surface area is 232 Å². The van der Waals surface area contributed by atoms with E-state index in [9.17, 15) is 9.59 Å². The van der Waals surface area contributed by atoms with E-state index in [4.69, 9.17) is 9.47 Å². The van der Waals surface area contributed by atoms with Crippen molar-refractivity contribution in [2.45, 2.75) is 58.4 Å². The van der Waals surface area contributed by atoms with Gasteiger partial charge >= 0.3 is 5.97 Å². The molecule has 39 heavy (non-hydrogen) atoms. The molecular weight excluding hydrogens is 488 g/mol. The molecular formula is C33H40N2O4. The quantitative estimate of drug-likeness (QED) is 0.273. The first-order valence-electron chi connectivity index (χ1n) is 14.2. The maximum atomic E-state index is 13.5. The van der Waals surface area contributed by atoms with Crippen molar-refractivity contribution in [1.82, 2.24) is 5.32 Å². The Morgan fingerprint density at radius 3 is 2.33 bits per heavy atom. The first-order valence-corrected chi connectivity index (χ1v) is 14.2. The fraction of sp³-hybridized carbons (Fsp3) is 0.394. The Morgan fingerprint density at radius 1 is 0.872 bits per heavy atom. The third kappa shape index (κ3) is 7.62. The van der Waals surface area contributed by atoms with E-state index in [2.05, 4.69) is 40.5 Å². The summed E-state index contributed by atoms with van der Waals surface area (Å²) in [5, 5.41) is 3.31. The first-order chi connectivity index (χ1) is 19.1. The summed E-state index contributed by atoms with van der Waals surface area (Å²) in [5.41, 5.74) is 4.48. The average molecular weight is 529 g/mol. The molecule has 1 aliphatic heterocycles. The molecule has 6 heteroatoms. The molecule has 1 unspecified atom stereocenters. The molecule has 0 aromatic heterocycles. The van der Waals surface area contributed by atoms with Gasteiger partial charge in [0.05, 0.1) is 25.7 Å². The predicted octanol–water partition coefficient (Wildman–Crippen LogP) is 6.48. The summed E-state index contributed by atoms with van der Waals surface area (Å²) < 4.78 is 11.2. The van der Waals surface area contributed by atoms with Crippen LogP contribution in [0.25, 0.3) is 0 Å². The maximum absolute atomic E-state index is 13.5. The third-order valence-corrected chi connectivity index (χ3v) is 6.91. The number of carbonyl (C=O) groups is 2. The Bertz CT molecular complexity index is 1220. The van der Waals surface area contributed by atoms with Crippen molar-refractivity contribution in [2.75, 3.05) is 31.2 Å². The van der Waals surface area contributed by atoms with Gasteiger partial charge in [0.1, 0.15) is 11.3 Å². The molecule has 1 atom stereocenters. The van der Waals surface area contributed by atoms with Gasteiger partial charge < -0.3 is 19.7 Å². The molecule has 1 aliphatic rings. The van der Waals surface area contributed by atoms with E-state index in [1.807, 2.05) is 38.1 Å². The van der Waals surface area contributed by atoms with Crippen LogP contribution < -0.4 is 15.0 Å². The van der Waals surface area contributed by atoms with E-state index < -0.39 is 5.97 Å². The number of benzene rings is 3. The lowest BCUT2D eigenvalue weighted by Crippen LogP contribution is -2.34. The molecule has 206 valence electrons. The van der Waals surface area contributed by atoms with Crippen LogP contribution in [0.3, 0.4) is 0 Å². The number of hydrogen-bond donors (Lipinski definition) is 1. The van der Waals surface area contributed by atoms with Gasteiger partial charge in [0.2, 0.25) is 5.91 Å². The fourth-order valence-corrected chi connectivity index (χ4v) is 4.99. The summed E-state index contributed by atoms with van der Waals surface area (Å²) in [4.78, 5) is 28.5. The van der Waals surface area contributed by atoms with Gasteiger partial charge in [-0.2, -0.15) is 0 Å². The highest BCUT2D eigenvalue weighted by molar-refractivity contribution is 5.93. The van der Waals surface area contributed by atoms with Gasteiger partial charge in [0.15, 0.2) is 0 Å². The van der Waals surface area contributed by atoms with Gasteiger partial charge in [-0.1, -0.05) is 68.4 Å². The molecule has 1 N–H and O–H groups in total. The molecule has 3 aromatic rings. The van der Waals surface area contributed by atoms with Crippen molar-refractivity contribution in [2.24, 2.45) is 0 Å². The van der Waals surface area contributed by atoms with E-state index in [1.165, 1.54) is 24.9 Å². The van der Waals surface area contributed by atoms with Gasteiger partial charge in [-0.05, 0) is 61.4 Å². The minimum absolute atomic E-state index is 0.0972. The van der Waals surface area contributed by atoms with Gasteiger partial charge in [0.25, 0.3) is 0 Å². The zero-order valence-electron chi connectivity index (χ0n) is 23.2. The Balaban J connectivity index is 1.58. The zero-order chi connectivity index (χ0) is 27.5. The molecule has 0 spiro atoms. The molecule has 1 amide bonds. The van der Waals surface area contributed by atoms with E-state index in [0.717, 1.165) is 42.6 Å². The number of ether oxygens (including phenoxy) is 2. The molecule has 0 aliphatic carbocycles. The number of nitrogens with one attached hydrogen (secondary N) is 1. The third-order valence-electron chi connectivity index (χ3n) is 6.91. The number of esters is 1. The molecule has 6 nitrogen and oxygen atoms in total. The van der Waals surface area contributed by atoms with Gasteiger partial charge in [-0.3, -0.25) is 4.79 Å². The molecule has 1 heterocycles. The normalized spacial score (nSPS) is 13.9. The molecule has 4 rings (SSSR count). The summed E-state index contributed by atoms with van der Waals surface area (Å²) in [7, 11) is 0. The minimum atomic E-state index is -0.405. The van der Waals surface area contributed by atoms with Crippen LogP contribution in [0.5, 0.6) is 5.75 Å². The zero-order valence-corrected chi connectivity index (χ0v) is 23.2. The van der Waals surface area contributed by atoms with Crippen LogP contribution in [-0.2, 0) is 16.0 Å². The van der Waals surface area contributed by atoms with Crippen molar-refractivity contribution in [3.8, 4) is 5.75 Å². The smallest absolute Gasteiger partial charge is 0.341 e. The van der Waals surface area contributed by atoms with Crippen LogP contribution in [0.15, 0.2) is 72.8 Å². The van der Waals surface area contributed by atoms with Gasteiger partial charge in [-0.25, -0.2) is 4.79 Å². The molecule has 0 radical (unpaired) electrons. The minimum Gasteiger partial charge on any atom is -0.493 e. The summed E-state index contributed by atoms with van der Waals surface area (Å²) in [6, 6.07) is 23.5. The Kier molecular flexibility index (Phi) is 10.4. The van der Waals surface area contributed by atoms with E-state index in [0.29, 0.717) is 24.5 Å². The number of hydrogen-bond acceptors (Lipinski definition) is 5. The van der Waals surface area contributed by atoms with Crippen LogP contribution in [0.4, 0.5) is 5.69 Å². The molecule has 1 fully saturated rings. The van der Waals surface area contributed by atoms with Crippen molar-refractivity contribution in [3.63, 3.8) is 0 Å². The molecule has 1 saturated heterocycles. The molecule has 3 aromatic carbocycles. The summed E-state index contributed by atoms with van der Waals surface area (Å²) in [5.74, 6) is -0.0456. The topological polar surface area (TPSA) is 67.9 Å². The second-order valence-electron chi connectivity index (χ2n) is 10.0. The number of nitrogens with zero attached hydrogens (tertiary/aromatic N) is 1. The maximum Gasteiger partial charge on any atom is 0.341 e. The summed E-state index contributed by atoms with van der Waals surface area (Å²) >= 11 is 0. The number of anilines is 1. The number of carbonyl (C=O) groups excluding carboxylic acids is 2. The highest BCUT2D eigenvalue weighted by Crippen LogP contribution is 2.33. The standard InChI is InChI=1S/C33H40N2O4/c1-3-21-38-30-23-25(17-18-28(30)33(37)39-22-4-2)24-31(36)34-32(26-13-7-5-8-14-26)27-15-9-10-16-29(27)35-19-11-6-12-20-35/h5,7-10,13-18,23,32H,3-4,6,11-12,19-22,24H2,1-2H3,(H,34,36). The largest absolute Gasteiger partial charge is 0.493 e. The van der Waals surface area contributed by atoms with Crippen LogP contribution >= 0.6 is 0 Å². The highest BCUT2D eigenvalue weighted by atomic mass is 16.5. The lowest BCUT2D eigenvalue weighted by molar-refractivity contribution is -0.120. The summed E-state index contributed by atoms with van der Waals surface area (Å²) in [6.07, 6.45) is 5.35. The van der Waals surface area contributed by atoms with Crippen molar-refractivity contribution in [1.29, 1.82) is 0 Å². The SMILES string of the molecule is CCCOC(=O)c1ccc(CC(=O)NC(c2ccccc2)c2ccccc2N2CCCCC2)cc1OCCC. The fourth-order valence-electron chi connectivity index (χ4n) is 4.99. The lowest BCUT2D eigenvalue weighted by atomic mass is 9.95. The van der Waals surface area contributed by atoms with Crippen molar-refractivity contribution in [3.05, 3.63) is 95.1 Å². The molecule has 0 bridgehead atoms. The molecule has 0 saturated carbocycles. The van der Waals surface area contributed by atoms with Crippen LogP contribution in [0.2, 0.25) is 0 Å². The number of amides is 1. The second kappa shape index (κ2) is 14.4. The van der Waals surface area contributed by atoms with Crippen LogP contribution in [0, 0.1) is 0 Å². The average Bonchev–Trinajstić information content (AvgIpc) is 2.98. The summed E-state index contributed by atoms with van der Waals surface area (Å²) in [6.45, 7) is 6.86. The van der Waals surface area contributed by atoms with Crippen LogP contribution in [0.1, 0.15) is 79.0 Å². The van der Waals surface area contributed by atoms with E-state index in [-0.39, 0.29) is 18.4 Å². The monoisotopic (exact) mass is 528 g/mol. The van der Waals surface area contributed by atoms with Crippen molar-refractivity contribution >= 4 is 17.6 Å². The Morgan fingerprint density at radius 2 is 1.59 bits per heavy atom. The van der Waals surface area contributed by atoms with Crippen molar-refractivity contribution < 1.29 is 19.1 Å². The Hall–Kier alpha value is -3.80. The number of rotatable bonds is 12. The lowest BCUT2D eigenvalue weighted by Gasteiger charge is -2.33. The van der Waals surface area contributed by atoms with E-state index in [1.54, 1.807) is 18.2 Å². The first kappa shape index (κ1) is 28.2. The van der Waals surface area contributed by atoms with E-state index >= 15 is 0 Å². The number of piperidine rings is 1. The van der Waals surface area contributed by atoms with Gasteiger partial charge in [-0.15, -0.1) is 0 Å². The highest BCUT2D eigenvalue weighted by Gasteiger charge is 2.24. The van der Waals surface area contributed by atoms with Gasteiger partial charge in [0, 0.05) is 24.3 Å². The second-order valence-corrected chi connectivity index (χ2v) is 10.0. The number of para-hydroxylation sites is 1. The predicted molar refractivity (Wildman–Crippen MR) is 155 cm³/mol.